The number of carboxylic acids is 1. The molecule has 6 nitrogen and oxygen atoms in total. The highest BCUT2D eigenvalue weighted by molar-refractivity contribution is 5.79. The largest absolute Gasteiger partial charge is 0.493 e. The molecule has 126 valence electrons. The number of aliphatic carboxylic acids is 1. The van der Waals surface area contributed by atoms with E-state index >= 15 is 0 Å². The number of benzene rings is 1. The molecular weight excluding hydrogens is 298 g/mol. The summed E-state index contributed by atoms with van der Waals surface area (Å²) in [7, 11) is 3.14. The number of para-hydroxylation sites is 1. The average Bonchev–Trinajstić information content (AvgIpc) is 2.59. The second-order valence-corrected chi connectivity index (χ2v) is 5.76. The van der Waals surface area contributed by atoms with Crippen molar-refractivity contribution < 1.29 is 24.2 Å². The van der Waals surface area contributed by atoms with E-state index in [0.717, 1.165) is 5.56 Å². The number of carbonyl (C=O) groups excluding carboxylic acids is 1. The molecule has 1 fully saturated rings. The van der Waals surface area contributed by atoms with Crippen LogP contribution >= 0.6 is 0 Å². The van der Waals surface area contributed by atoms with Gasteiger partial charge >= 0.3 is 5.97 Å². The van der Waals surface area contributed by atoms with E-state index in [1.165, 1.54) is 0 Å². The van der Waals surface area contributed by atoms with Gasteiger partial charge in [-0.1, -0.05) is 12.1 Å². The summed E-state index contributed by atoms with van der Waals surface area (Å²) in [6.45, 7) is 0.359. The van der Waals surface area contributed by atoms with E-state index in [-0.39, 0.29) is 17.7 Å². The summed E-state index contributed by atoms with van der Waals surface area (Å²) in [5.74, 6) is 0.0366. The van der Waals surface area contributed by atoms with Gasteiger partial charge in [-0.25, -0.2) is 0 Å². The fraction of sp³-hybridized carbons (Fsp3) is 0.529. The maximum absolute atomic E-state index is 12.3. The molecule has 0 aromatic heterocycles. The Labute approximate surface area is 135 Å². The van der Waals surface area contributed by atoms with Crippen molar-refractivity contribution in [2.75, 3.05) is 14.2 Å². The zero-order valence-electron chi connectivity index (χ0n) is 13.5. The Balaban J connectivity index is 1.91. The topological polar surface area (TPSA) is 84.9 Å². The quantitative estimate of drug-likeness (QED) is 0.839. The highest BCUT2D eigenvalue weighted by Gasteiger charge is 2.29. The van der Waals surface area contributed by atoms with E-state index in [1.807, 2.05) is 12.1 Å². The zero-order valence-corrected chi connectivity index (χ0v) is 13.5. The van der Waals surface area contributed by atoms with Crippen LogP contribution in [-0.2, 0) is 16.1 Å². The molecular formula is C17H23NO5. The van der Waals surface area contributed by atoms with Gasteiger partial charge in [0.2, 0.25) is 5.91 Å². The Hall–Kier alpha value is -2.24. The molecule has 0 radical (unpaired) electrons. The summed E-state index contributed by atoms with van der Waals surface area (Å²) in [6, 6.07) is 5.53. The predicted molar refractivity (Wildman–Crippen MR) is 84.5 cm³/mol. The molecule has 23 heavy (non-hydrogen) atoms. The van der Waals surface area contributed by atoms with Crippen molar-refractivity contribution in [3.63, 3.8) is 0 Å². The number of hydrogen-bond acceptors (Lipinski definition) is 4. The van der Waals surface area contributed by atoms with Gasteiger partial charge in [0.1, 0.15) is 0 Å². The number of carbonyl (C=O) groups is 2. The minimum atomic E-state index is -0.759. The van der Waals surface area contributed by atoms with Gasteiger partial charge in [-0.15, -0.1) is 0 Å². The first-order valence-corrected chi connectivity index (χ1v) is 7.77. The van der Waals surface area contributed by atoms with Gasteiger partial charge in [0, 0.05) is 18.0 Å². The SMILES string of the molecule is COc1cccc(CNC(=O)C2CCC(C(=O)O)CC2)c1OC. The molecule has 0 bridgehead atoms. The van der Waals surface area contributed by atoms with E-state index in [9.17, 15) is 9.59 Å². The predicted octanol–water partition coefficient (Wildman–Crippen LogP) is 2.21. The van der Waals surface area contributed by atoms with Crippen molar-refractivity contribution in [2.45, 2.75) is 32.2 Å². The first kappa shape index (κ1) is 17.1. The molecule has 1 aliphatic carbocycles. The summed E-state index contributed by atoms with van der Waals surface area (Å²) in [5, 5.41) is 11.9. The molecule has 1 aliphatic rings. The zero-order chi connectivity index (χ0) is 16.8. The normalized spacial score (nSPS) is 20.6. The van der Waals surface area contributed by atoms with Gasteiger partial charge in [0.05, 0.1) is 20.1 Å². The Morgan fingerprint density at radius 1 is 1.13 bits per heavy atom. The Morgan fingerprint density at radius 3 is 2.35 bits per heavy atom. The number of carboxylic acid groups (broad SMARTS) is 1. The molecule has 1 aromatic rings. The van der Waals surface area contributed by atoms with Gasteiger partial charge in [-0.3, -0.25) is 9.59 Å². The summed E-state index contributed by atoms with van der Waals surface area (Å²) < 4.78 is 10.6. The second-order valence-electron chi connectivity index (χ2n) is 5.76. The van der Waals surface area contributed by atoms with Crippen molar-refractivity contribution in [2.24, 2.45) is 11.8 Å². The van der Waals surface area contributed by atoms with Crippen molar-refractivity contribution in [3.05, 3.63) is 23.8 Å². The first-order chi connectivity index (χ1) is 11.1. The standard InChI is InChI=1S/C17H23NO5/c1-22-14-5-3-4-13(15(14)23-2)10-18-16(19)11-6-8-12(9-7-11)17(20)21/h3-5,11-12H,6-10H2,1-2H3,(H,18,19)(H,20,21). The highest BCUT2D eigenvalue weighted by atomic mass is 16.5. The molecule has 0 unspecified atom stereocenters. The second kappa shape index (κ2) is 7.85. The molecule has 1 saturated carbocycles. The van der Waals surface area contributed by atoms with Crippen LogP contribution in [0.3, 0.4) is 0 Å². The summed E-state index contributed by atoms with van der Waals surface area (Å²) in [4.78, 5) is 23.2. The lowest BCUT2D eigenvalue weighted by Gasteiger charge is -2.25. The van der Waals surface area contributed by atoms with Crippen LogP contribution in [0.2, 0.25) is 0 Å². The van der Waals surface area contributed by atoms with Crippen LogP contribution in [-0.4, -0.2) is 31.2 Å². The molecule has 6 heteroatoms. The third-order valence-corrected chi connectivity index (χ3v) is 4.38. The molecule has 2 N–H and O–H groups in total. The van der Waals surface area contributed by atoms with Crippen LogP contribution in [0.4, 0.5) is 0 Å². The van der Waals surface area contributed by atoms with Gasteiger partial charge < -0.3 is 19.9 Å². The van der Waals surface area contributed by atoms with Crippen molar-refractivity contribution in [1.82, 2.24) is 5.32 Å². The van der Waals surface area contributed by atoms with Gasteiger partial charge in [-0.2, -0.15) is 0 Å². The van der Waals surface area contributed by atoms with E-state index < -0.39 is 5.97 Å². The fourth-order valence-corrected chi connectivity index (χ4v) is 3.02. The maximum atomic E-state index is 12.3. The van der Waals surface area contributed by atoms with E-state index in [2.05, 4.69) is 5.32 Å². The smallest absolute Gasteiger partial charge is 0.306 e. The third kappa shape index (κ3) is 4.15. The monoisotopic (exact) mass is 321 g/mol. The summed E-state index contributed by atoms with van der Waals surface area (Å²) in [6.07, 6.45) is 2.38. The fourth-order valence-electron chi connectivity index (χ4n) is 3.02. The van der Waals surface area contributed by atoms with E-state index in [4.69, 9.17) is 14.6 Å². The Bertz CT molecular complexity index is 564. The van der Waals surface area contributed by atoms with Crippen LogP contribution in [0.25, 0.3) is 0 Å². The van der Waals surface area contributed by atoms with Crippen LogP contribution < -0.4 is 14.8 Å². The first-order valence-electron chi connectivity index (χ1n) is 7.77. The molecule has 0 heterocycles. The van der Waals surface area contributed by atoms with Crippen LogP contribution in [0, 0.1) is 11.8 Å². The number of rotatable bonds is 6. The lowest BCUT2D eigenvalue weighted by molar-refractivity contribution is -0.144. The molecule has 0 atom stereocenters. The number of hydrogen-bond donors (Lipinski definition) is 2. The van der Waals surface area contributed by atoms with Crippen LogP contribution in [0.15, 0.2) is 18.2 Å². The minimum Gasteiger partial charge on any atom is -0.493 e. The van der Waals surface area contributed by atoms with Crippen LogP contribution in [0.1, 0.15) is 31.2 Å². The van der Waals surface area contributed by atoms with E-state index in [0.29, 0.717) is 43.7 Å². The Kier molecular flexibility index (Phi) is 5.84. The minimum absolute atomic E-state index is 0.0290. The van der Waals surface area contributed by atoms with Gasteiger partial charge in [0.15, 0.2) is 11.5 Å². The van der Waals surface area contributed by atoms with Gasteiger partial charge in [-0.05, 0) is 31.7 Å². The maximum Gasteiger partial charge on any atom is 0.306 e. The average molecular weight is 321 g/mol. The molecule has 0 aliphatic heterocycles. The molecule has 1 aromatic carbocycles. The summed E-state index contributed by atoms with van der Waals surface area (Å²) >= 11 is 0. The molecule has 2 rings (SSSR count). The third-order valence-electron chi connectivity index (χ3n) is 4.38. The number of nitrogens with one attached hydrogen (secondary N) is 1. The number of amides is 1. The lowest BCUT2D eigenvalue weighted by atomic mass is 9.81. The molecule has 0 spiro atoms. The van der Waals surface area contributed by atoms with Crippen LogP contribution in [0.5, 0.6) is 11.5 Å². The summed E-state index contributed by atoms with van der Waals surface area (Å²) in [5.41, 5.74) is 0.847. The Morgan fingerprint density at radius 2 is 1.78 bits per heavy atom. The number of ether oxygens (including phenoxy) is 2. The highest BCUT2D eigenvalue weighted by Crippen LogP contribution is 2.31. The molecule has 0 saturated heterocycles. The number of methoxy groups -OCH3 is 2. The molecule has 1 amide bonds. The van der Waals surface area contributed by atoms with Crippen molar-refractivity contribution in [3.8, 4) is 11.5 Å². The van der Waals surface area contributed by atoms with Crippen molar-refractivity contribution >= 4 is 11.9 Å². The lowest BCUT2D eigenvalue weighted by Crippen LogP contribution is -2.34. The van der Waals surface area contributed by atoms with Crippen molar-refractivity contribution in [1.29, 1.82) is 0 Å². The van der Waals surface area contributed by atoms with E-state index in [1.54, 1.807) is 20.3 Å². The van der Waals surface area contributed by atoms with Gasteiger partial charge in [0.25, 0.3) is 0 Å².